The average molecular weight is 263 g/mol. The molecule has 2 rings (SSSR count). The zero-order valence-electron chi connectivity index (χ0n) is 11.3. The molecule has 0 saturated carbocycles. The van der Waals surface area contributed by atoms with Gasteiger partial charge in [0.05, 0.1) is 5.56 Å². The summed E-state index contributed by atoms with van der Waals surface area (Å²) < 4.78 is 0. The molecular weight excluding hydrogens is 242 g/mol. The summed E-state index contributed by atoms with van der Waals surface area (Å²) >= 11 is 0. The van der Waals surface area contributed by atoms with E-state index in [4.69, 9.17) is 0 Å². The molecule has 0 aromatic carbocycles. The van der Waals surface area contributed by atoms with E-state index in [-0.39, 0.29) is 11.5 Å². The van der Waals surface area contributed by atoms with Gasteiger partial charge >= 0.3 is 0 Å². The normalized spacial score (nSPS) is 16.6. The van der Waals surface area contributed by atoms with Crippen LogP contribution in [0, 0.1) is 5.92 Å². The second-order valence-electron chi connectivity index (χ2n) is 4.98. The molecule has 1 aromatic rings. The summed E-state index contributed by atoms with van der Waals surface area (Å²) in [7, 11) is 0. The third-order valence-corrected chi connectivity index (χ3v) is 3.62. The molecule has 1 aliphatic rings. The number of likely N-dealkylation sites (tertiary alicyclic amines) is 1. The molecule has 2 N–H and O–H groups in total. The molecule has 1 saturated heterocycles. The Morgan fingerprint density at radius 3 is 2.74 bits per heavy atom. The van der Waals surface area contributed by atoms with E-state index in [1.807, 2.05) is 4.90 Å². The van der Waals surface area contributed by atoms with Crippen LogP contribution in [0.3, 0.4) is 0 Å². The molecular formula is C14H21N3O2. The molecule has 0 bridgehead atoms. The summed E-state index contributed by atoms with van der Waals surface area (Å²) in [6.45, 7) is 5.74. The van der Waals surface area contributed by atoms with Crippen molar-refractivity contribution in [2.75, 3.05) is 26.2 Å². The van der Waals surface area contributed by atoms with Gasteiger partial charge in [0.2, 0.25) is 5.56 Å². The molecule has 0 unspecified atom stereocenters. The zero-order valence-corrected chi connectivity index (χ0v) is 11.3. The molecule has 0 atom stereocenters. The van der Waals surface area contributed by atoms with Crippen LogP contribution in [0.5, 0.6) is 0 Å². The molecule has 2 heterocycles. The number of H-pyrrole nitrogens is 1. The van der Waals surface area contributed by atoms with Gasteiger partial charge in [0.15, 0.2) is 0 Å². The van der Waals surface area contributed by atoms with Gasteiger partial charge in [-0.3, -0.25) is 9.59 Å². The standard InChI is InChI=1S/C14H21N3O2/c1-2-15-9-11-5-7-17(8-6-11)14(19)12-3-4-13(18)16-10-12/h3-4,10-11,15H,2,5-9H2,1H3,(H,16,18). The predicted molar refractivity (Wildman–Crippen MR) is 74.2 cm³/mol. The Kier molecular flexibility index (Phi) is 4.74. The van der Waals surface area contributed by atoms with Crippen LogP contribution in [0.2, 0.25) is 0 Å². The van der Waals surface area contributed by atoms with Crippen molar-refractivity contribution in [1.82, 2.24) is 15.2 Å². The quantitative estimate of drug-likeness (QED) is 0.846. The summed E-state index contributed by atoms with van der Waals surface area (Å²) in [6, 6.07) is 2.98. The number of hydrogen-bond acceptors (Lipinski definition) is 3. The van der Waals surface area contributed by atoms with Crippen molar-refractivity contribution in [3.05, 3.63) is 34.2 Å². The van der Waals surface area contributed by atoms with E-state index in [2.05, 4.69) is 17.2 Å². The fourth-order valence-corrected chi connectivity index (χ4v) is 2.41. The van der Waals surface area contributed by atoms with Gasteiger partial charge in [0, 0.05) is 25.4 Å². The second-order valence-corrected chi connectivity index (χ2v) is 4.98. The highest BCUT2D eigenvalue weighted by atomic mass is 16.2. The number of amides is 1. The van der Waals surface area contributed by atoms with Gasteiger partial charge in [-0.1, -0.05) is 6.92 Å². The zero-order chi connectivity index (χ0) is 13.7. The molecule has 19 heavy (non-hydrogen) atoms. The SMILES string of the molecule is CCNCC1CCN(C(=O)c2ccc(=O)[nH]c2)CC1. The number of rotatable bonds is 4. The lowest BCUT2D eigenvalue weighted by atomic mass is 9.96. The topological polar surface area (TPSA) is 65.2 Å². The van der Waals surface area contributed by atoms with Gasteiger partial charge in [-0.05, 0) is 37.9 Å². The van der Waals surface area contributed by atoms with Crippen molar-refractivity contribution in [2.24, 2.45) is 5.92 Å². The van der Waals surface area contributed by atoms with Crippen molar-refractivity contribution in [1.29, 1.82) is 0 Å². The molecule has 1 aliphatic heterocycles. The maximum absolute atomic E-state index is 12.2. The van der Waals surface area contributed by atoms with E-state index in [1.165, 1.54) is 12.3 Å². The minimum Gasteiger partial charge on any atom is -0.339 e. The minimum absolute atomic E-state index is 0.0122. The van der Waals surface area contributed by atoms with Crippen LogP contribution in [0.1, 0.15) is 30.1 Å². The lowest BCUT2D eigenvalue weighted by Crippen LogP contribution is -2.40. The monoisotopic (exact) mass is 263 g/mol. The van der Waals surface area contributed by atoms with E-state index < -0.39 is 0 Å². The van der Waals surface area contributed by atoms with Gasteiger partial charge in [-0.25, -0.2) is 0 Å². The van der Waals surface area contributed by atoms with Crippen LogP contribution in [-0.4, -0.2) is 42.0 Å². The Morgan fingerprint density at radius 2 is 2.16 bits per heavy atom. The van der Waals surface area contributed by atoms with Crippen molar-refractivity contribution in [3.8, 4) is 0 Å². The van der Waals surface area contributed by atoms with Gasteiger partial charge < -0.3 is 15.2 Å². The van der Waals surface area contributed by atoms with Crippen molar-refractivity contribution < 1.29 is 4.79 Å². The van der Waals surface area contributed by atoms with E-state index >= 15 is 0 Å². The van der Waals surface area contributed by atoms with E-state index in [0.29, 0.717) is 11.5 Å². The number of pyridine rings is 1. The summed E-state index contributed by atoms with van der Waals surface area (Å²) in [5.41, 5.74) is 0.380. The number of aromatic nitrogens is 1. The van der Waals surface area contributed by atoms with Gasteiger partial charge in [-0.2, -0.15) is 0 Å². The van der Waals surface area contributed by atoms with Gasteiger partial charge in [-0.15, -0.1) is 0 Å². The lowest BCUT2D eigenvalue weighted by Gasteiger charge is -2.32. The van der Waals surface area contributed by atoms with E-state index in [9.17, 15) is 9.59 Å². The first-order valence-corrected chi connectivity index (χ1v) is 6.89. The number of aromatic amines is 1. The van der Waals surface area contributed by atoms with Crippen molar-refractivity contribution in [3.63, 3.8) is 0 Å². The summed E-state index contributed by atoms with van der Waals surface area (Å²) in [5.74, 6) is 0.678. The molecule has 0 aliphatic carbocycles. The molecule has 5 nitrogen and oxygen atoms in total. The molecule has 104 valence electrons. The summed E-state index contributed by atoms with van der Waals surface area (Å²) in [5, 5.41) is 3.36. The van der Waals surface area contributed by atoms with E-state index in [0.717, 1.165) is 39.0 Å². The molecule has 5 heteroatoms. The van der Waals surface area contributed by atoms with Crippen LogP contribution in [0.25, 0.3) is 0 Å². The lowest BCUT2D eigenvalue weighted by molar-refractivity contribution is 0.0690. The maximum Gasteiger partial charge on any atom is 0.255 e. The van der Waals surface area contributed by atoms with Crippen LogP contribution < -0.4 is 10.9 Å². The van der Waals surface area contributed by atoms with Crippen LogP contribution in [0.4, 0.5) is 0 Å². The third kappa shape index (κ3) is 3.67. The minimum atomic E-state index is -0.180. The van der Waals surface area contributed by atoms with Gasteiger partial charge in [0.25, 0.3) is 5.91 Å². The summed E-state index contributed by atoms with van der Waals surface area (Å²) in [6.07, 6.45) is 3.58. The largest absolute Gasteiger partial charge is 0.339 e. The number of hydrogen-bond donors (Lipinski definition) is 2. The Labute approximate surface area is 113 Å². The molecule has 0 spiro atoms. The predicted octanol–water partition coefficient (Wildman–Crippen LogP) is 0.837. The molecule has 1 amide bonds. The van der Waals surface area contributed by atoms with Crippen molar-refractivity contribution >= 4 is 5.91 Å². The number of carbonyl (C=O) groups is 1. The van der Waals surface area contributed by atoms with Crippen molar-refractivity contribution in [2.45, 2.75) is 19.8 Å². The third-order valence-electron chi connectivity index (χ3n) is 3.62. The Balaban J connectivity index is 1.88. The molecule has 1 fully saturated rings. The van der Waals surface area contributed by atoms with Gasteiger partial charge in [0.1, 0.15) is 0 Å². The number of nitrogens with zero attached hydrogens (tertiary/aromatic N) is 1. The Morgan fingerprint density at radius 1 is 1.42 bits per heavy atom. The highest BCUT2D eigenvalue weighted by Crippen LogP contribution is 2.18. The number of nitrogens with one attached hydrogen (secondary N) is 2. The first kappa shape index (κ1) is 13.8. The second kappa shape index (κ2) is 6.52. The number of carbonyl (C=O) groups excluding carboxylic acids is 1. The first-order chi connectivity index (χ1) is 9.20. The highest BCUT2D eigenvalue weighted by molar-refractivity contribution is 5.93. The maximum atomic E-state index is 12.2. The first-order valence-electron chi connectivity index (χ1n) is 6.89. The molecule has 1 aromatic heterocycles. The van der Waals surface area contributed by atoms with Crippen LogP contribution in [0.15, 0.2) is 23.1 Å². The van der Waals surface area contributed by atoms with E-state index in [1.54, 1.807) is 6.07 Å². The fraction of sp³-hybridized carbons (Fsp3) is 0.571. The Hall–Kier alpha value is -1.62. The average Bonchev–Trinajstić information content (AvgIpc) is 2.46. The van der Waals surface area contributed by atoms with Crippen LogP contribution in [-0.2, 0) is 0 Å². The molecule has 0 radical (unpaired) electrons. The highest BCUT2D eigenvalue weighted by Gasteiger charge is 2.23. The summed E-state index contributed by atoms with van der Waals surface area (Å²) in [4.78, 5) is 27.6. The Bertz CT molecular complexity index is 455. The van der Waals surface area contributed by atoms with Crippen LogP contribution >= 0.6 is 0 Å². The smallest absolute Gasteiger partial charge is 0.255 e. The number of piperidine rings is 1. The fourth-order valence-electron chi connectivity index (χ4n) is 2.41.